The monoisotopic (exact) mass is 694 g/mol. The Hall–Kier alpha value is -3.97. The molecule has 0 bridgehead atoms. The Bertz CT molecular complexity index is 1110. The Balaban J connectivity index is 2.69. The van der Waals surface area contributed by atoms with Crippen molar-refractivity contribution >= 4 is 59.5 Å². The lowest BCUT2D eigenvalue weighted by Gasteiger charge is -2.47. The van der Waals surface area contributed by atoms with Crippen LogP contribution in [0.2, 0.25) is 0 Å². The fourth-order valence-corrected chi connectivity index (χ4v) is 6.14. The maximum atomic E-state index is 12.3. The number of esters is 8. The minimum atomic E-state index is -1.54. The largest absolute Gasteiger partial charge is 0.463 e. The van der Waals surface area contributed by atoms with E-state index < -0.39 is 121 Å². The summed E-state index contributed by atoms with van der Waals surface area (Å²) in [5.41, 5.74) is -2.84. The van der Waals surface area contributed by atoms with Crippen molar-refractivity contribution < 1.29 is 85.7 Å². The zero-order valence-electron chi connectivity index (χ0n) is 26.9. The summed E-state index contributed by atoms with van der Waals surface area (Å²) in [6.07, 6.45) is -11.7. The average molecular weight is 695 g/mol. The van der Waals surface area contributed by atoms with Crippen molar-refractivity contribution in [2.75, 3.05) is 13.2 Å². The van der Waals surface area contributed by atoms with Crippen molar-refractivity contribution in [3.05, 3.63) is 0 Å². The Morgan fingerprint density at radius 3 is 0.915 bits per heavy atom. The number of thioether (sulfide) groups is 1. The molecule has 2 fully saturated rings. The minimum Gasteiger partial charge on any atom is -0.463 e. The van der Waals surface area contributed by atoms with Gasteiger partial charge in [-0.1, -0.05) is 11.8 Å². The van der Waals surface area contributed by atoms with Gasteiger partial charge in [-0.2, -0.15) is 0 Å². The summed E-state index contributed by atoms with van der Waals surface area (Å²) in [6, 6.07) is 0. The summed E-state index contributed by atoms with van der Waals surface area (Å²) >= 11 is 0.678. The van der Waals surface area contributed by atoms with Crippen LogP contribution in [0.4, 0.5) is 0 Å². The predicted molar refractivity (Wildman–Crippen MR) is 152 cm³/mol. The molecule has 0 N–H and O–H groups in total. The molecule has 0 radical (unpaired) electrons. The van der Waals surface area contributed by atoms with Crippen molar-refractivity contribution in [2.24, 2.45) is 0 Å². The van der Waals surface area contributed by atoms with Crippen molar-refractivity contribution in [1.29, 1.82) is 0 Å². The molecule has 0 amide bonds. The first-order valence-corrected chi connectivity index (χ1v) is 15.1. The van der Waals surface area contributed by atoms with Crippen LogP contribution in [0.5, 0.6) is 0 Å². The molecular weight excluding hydrogens is 656 g/mol. The van der Waals surface area contributed by atoms with Crippen LogP contribution in [0.25, 0.3) is 0 Å². The van der Waals surface area contributed by atoms with Crippen molar-refractivity contribution in [1.82, 2.24) is 0 Å². The molecule has 0 aromatic carbocycles. The summed E-state index contributed by atoms with van der Waals surface area (Å²) in [5, 5.41) is 0. The van der Waals surface area contributed by atoms with Crippen molar-refractivity contribution in [3.8, 4) is 0 Å². The van der Waals surface area contributed by atoms with Gasteiger partial charge >= 0.3 is 47.8 Å². The number of ether oxygens (including phenoxy) is 10. The summed E-state index contributed by atoms with van der Waals surface area (Å²) in [5.74, 6) is -6.62. The van der Waals surface area contributed by atoms with Crippen LogP contribution >= 0.6 is 11.8 Å². The third kappa shape index (κ3) is 12.3. The van der Waals surface area contributed by atoms with E-state index in [0.717, 1.165) is 55.4 Å². The first-order chi connectivity index (χ1) is 21.9. The van der Waals surface area contributed by atoms with Gasteiger partial charge in [-0.05, 0) is 0 Å². The number of hydrogen-bond donors (Lipinski definition) is 0. The van der Waals surface area contributed by atoms with Gasteiger partial charge in [-0.3, -0.25) is 38.4 Å². The van der Waals surface area contributed by atoms with E-state index in [0.29, 0.717) is 11.8 Å². The fraction of sp³-hybridized carbons (Fsp3) is 0.714. The normalized spacial score (nSPS) is 30.0. The van der Waals surface area contributed by atoms with E-state index in [1.165, 1.54) is 0 Å². The molecule has 18 nitrogen and oxygen atoms in total. The molecule has 0 aliphatic carbocycles. The van der Waals surface area contributed by atoms with Gasteiger partial charge in [0.1, 0.15) is 36.3 Å². The summed E-state index contributed by atoms with van der Waals surface area (Å²) in [4.78, 5) is 96.4. The molecular formula is C28H38O18S. The van der Waals surface area contributed by atoms with E-state index in [1.54, 1.807) is 0 Å². The standard InChI is InChI=1S/C28H38O18S/c1-11(29)37-9-19-21(39-13(3)31)23(41-15(5)33)25(43-17(7)35)27(45-19)47-28-26(44-18(8)36)24(42-16(6)34)22(40-14(4)32)20(46-28)10-38-12(2)30/h19-28H,9-10H2,1-8H3/t19-,20-,21-,22-,23+,24+,25-,26-,27?,28?/m1/s1. The van der Waals surface area contributed by atoms with E-state index in [2.05, 4.69) is 0 Å². The van der Waals surface area contributed by atoms with Gasteiger partial charge in [0.15, 0.2) is 36.6 Å². The Kier molecular flexibility index (Phi) is 14.9. The Morgan fingerprint density at radius 2 is 0.660 bits per heavy atom. The predicted octanol–water partition coefficient (Wildman–Crippen LogP) is -0.114. The highest BCUT2D eigenvalue weighted by Gasteiger charge is 2.57. The van der Waals surface area contributed by atoms with Gasteiger partial charge in [-0.15, -0.1) is 0 Å². The summed E-state index contributed by atoms with van der Waals surface area (Å²) in [7, 11) is 0. The van der Waals surface area contributed by atoms with Gasteiger partial charge in [0.2, 0.25) is 0 Å². The molecule has 10 atom stereocenters. The van der Waals surface area contributed by atoms with Gasteiger partial charge < -0.3 is 47.4 Å². The Morgan fingerprint density at radius 1 is 0.404 bits per heavy atom. The highest BCUT2D eigenvalue weighted by atomic mass is 32.2. The SMILES string of the molecule is CC(=O)OC[C@H]1OC(SC2O[C@H](COC(C)=O)[C@@H](OC(C)=O)[C@H](OC(C)=O)[C@H]2OC(C)=O)[C@H](OC(C)=O)[C@@H](OC(C)=O)[C@@H]1OC(C)=O. The van der Waals surface area contributed by atoms with Crippen LogP contribution in [-0.4, -0.2) is 121 Å². The van der Waals surface area contributed by atoms with Crippen LogP contribution < -0.4 is 0 Å². The van der Waals surface area contributed by atoms with E-state index in [1.807, 2.05) is 0 Å². The molecule has 0 aromatic rings. The van der Waals surface area contributed by atoms with E-state index in [-0.39, 0.29) is 0 Å². The highest BCUT2D eigenvalue weighted by Crippen LogP contribution is 2.41. The Labute approximate surface area is 273 Å². The second kappa shape index (κ2) is 17.8. The van der Waals surface area contributed by atoms with Crippen LogP contribution in [0, 0.1) is 0 Å². The molecule has 2 aliphatic rings. The lowest BCUT2D eigenvalue weighted by Crippen LogP contribution is -2.64. The number of carbonyl (C=O) groups is 8. The zero-order valence-corrected chi connectivity index (χ0v) is 27.8. The van der Waals surface area contributed by atoms with Gasteiger partial charge in [0.25, 0.3) is 0 Å². The highest BCUT2D eigenvalue weighted by molar-refractivity contribution is 8.00. The minimum absolute atomic E-state index is 0.520. The summed E-state index contributed by atoms with van der Waals surface area (Å²) in [6.45, 7) is 7.50. The van der Waals surface area contributed by atoms with Crippen LogP contribution in [-0.2, 0) is 85.7 Å². The number of carbonyl (C=O) groups excluding carboxylic acids is 8. The first-order valence-electron chi connectivity index (χ1n) is 14.2. The molecule has 2 unspecified atom stereocenters. The molecule has 2 heterocycles. The first kappa shape index (κ1) is 39.2. The maximum Gasteiger partial charge on any atom is 0.303 e. The smallest absolute Gasteiger partial charge is 0.303 e. The lowest BCUT2D eigenvalue weighted by molar-refractivity contribution is -0.243. The second-order valence-electron chi connectivity index (χ2n) is 10.3. The molecule has 2 rings (SSSR count). The van der Waals surface area contributed by atoms with Gasteiger partial charge in [0.05, 0.1) is 0 Å². The quantitative estimate of drug-likeness (QED) is 0.192. The fourth-order valence-electron chi connectivity index (χ4n) is 4.73. The third-order valence-electron chi connectivity index (χ3n) is 6.16. The van der Waals surface area contributed by atoms with Crippen LogP contribution in [0.3, 0.4) is 0 Å². The average Bonchev–Trinajstić information content (AvgIpc) is 2.91. The van der Waals surface area contributed by atoms with E-state index in [4.69, 9.17) is 47.4 Å². The number of rotatable bonds is 12. The molecule has 47 heavy (non-hydrogen) atoms. The van der Waals surface area contributed by atoms with E-state index in [9.17, 15) is 38.4 Å². The van der Waals surface area contributed by atoms with Crippen LogP contribution in [0.1, 0.15) is 55.4 Å². The molecule has 19 heteroatoms. The molecule has 0 aromatic heterocycles. The molecule has 2 saturated heterocycles. The van der Waals surface area contributed by atoms with Gasteiger partial charge in [-0.25, -0.2) is 0 Å². The van der Waals surface area contributed by atoms with Crippen molar-refractivity contribution in [3.63, 3.8) is 0 Å². The lowest BCUT2D eigenvalue weighted by atomic mass is 9.99. The van der Waals surface area contributed by atoms with Crippen LogP contribution in [0.15, 0.2) is 0 Å². The molecule has 264 valence electrons. The maximum absolute atomic E-state index is 12.3. The van der Waals surface area contributed by atoms with Gasteiger partial charge in [0, 0.05) is 55.4 Å². The number of hydrogen-bond acceptors (Lipinski definition) is 19. The second-order valence-corrected chi connectivity index (χ2v) is 11.5. The van der Waals surface area contributed by atoms with E-state index >= 15 is 0 Å². The third-order valence-corrected chi connectivity index (χ3v) is 7.46. The topological polar surface area (TPSA) is 229 Å². The van der Waals surface area contributed by atoms with Crippen molar-refractivity contribution in [2.45, 2.75) is 115 Å². The molecule has 2 aliphatic heterocycles. The zero-order chi connectivity index (χ0) is 35.6. The molecule has 0 spiro atoms. The molecule has 0 saturated carbocycles. The summed E-state index contributed by atoms with van der Waals surface area (Å²) < 4.78 is 55.0.